The number of nitrogens with two attached hydrogens (primary N) is 1. The van der Waals surface area contributed by atoms with E-state index in [0.29, 0.717) is 5.69 Å². The fourth-order valence-corrected chi connectivity index (χ4v) is 2.18. The SMILES string of the molecule is CC(=O)N(C#N)S(=O)(=O)c1ccc(N)cc1.[Ca]. The minimum Gasteiger partial charge on any atom is -0.399 e. The Morgan fingerprint density at radius 3 is 2.18 bits per heavy atom. The molecule has 0 aliphatic heterocycles. The molecule has 0 unspecified atom stereocenters. The standard InChI is InChI=1S/C9H9N3O3S.Ca/c1-7(13)12(6-10)16(14,15)9-4-2-8(11)3-5-9;/h2-5H,11H2,1H3;. The Bertz CT molecular complexity index is 548. The van der Waals surface area contributed by atoms with Gasteiger partial charge in [0.1, 0.15) is 0 Å². The van der Waals surface area contributed by atoms with Gasteiger partial charge in [-0.3, -0.25) is 4.79 Å². The van der Waals surface area contributed by atoms with Crippen LogP contribution in [0.1, 0.15) is 6.92 Å². The molecule has 0 atom stereocenters. The zero-order valence-electron chi connectivity index (χ0n) is 9.12. The second kappa shape index (κ2) is 6.21. The van der Waals surface area contributed by atoms with Crippen LogP contribution in [0.4, 0.5) is 5.69 Å². The summed E-state index contributed by atoms with van der Waals surface area (Å²) in [4.78, 5) is 10.8. The first-order valence-corrected chi connectivity index (χ1v) is 5.65. The summed E-state index contributed by atoms with van der Waals surface area (Å²) in [6, 6.07) is 5.22. The number of nitrogen functional groups attached to an aromatic ring is 1. The maximum atomic E-state index is 11.8. The normalized spacial score (nSPS) is 9.88. The van der Waals surface area contributed by atoms with Crippen LogP contribution in [-0.4, -0.2) is 56.4 Å². The van der Waals surface area contributed by atoms with E-state index >= 15 is 0 Å². The molecule has 1 aromatic rings. The van der Waals surface area contributed by atoms with E-state index in [-0.39, 0.29) is 46.9 Å². The van der Waals surface area contributed by atoms with E-state index in [0.717, 1.165) is 6.92 Å². The maximum absolute atomic E-state index is 11.8. The van der Waals surface area contributed by atoms with Crippen molar-refractivity contribution in [2.45, 2.75) is 11.8 Å². The number of rotatable bonds is 2. The van der Waals surface area contributed by atoms with Gasteiger partial charge in [0.25, 0.3) is 10.0 Å². The Labute approximate surface area is 129 Å². The molecule has 2 N–H and O–H groups in total. The van der Waals surface area contributed by atoms with E-state index < -0.39 is 15.9 Å². The first kappa shape index (κ1) is 16.2. The van der Waals surface area contributed by atoms with Gasteiger partial charge in [-0.25, -0.2) is 0 Å². The van der Waals surface area contributed by atoms with Crippen molar-refractivity contribution in [2.24, 2.45) is 0 Å². The molecule has 8 heteroatoms. The van der Waals surface area contributed by atoms with Gasteiger partial charge in [0.15, 0.2) is 0 Å². The molecule has 0 aromatic heterocycles. The molecule has 1 amide bonds. The third-order valence-corrected chi connectivity index (χ3v) is 3.48. The average molecular weight is 279 g/mol. The Morgan fingerprint density at radius 1 is 1.35 bits per heavy atom. The zero-order chi connectivity index (χ0) is 12.3. The van der Waals surface area contributed by atoms with Crippen molar-refractivity contribution in [3.63, 3.8) is 0 Å². The number of benzene rings is 1. The number of amides is 1. The van der Waals surface area contributed by atoms with Crippen molar-refractivity contribution in [3.05, 3.63) is 24.3 Å². The summed E-state index contributed by atoms with van der Waals surface area (Å²) >= 11 is 0. The third-order valence-electron chi connectivity index (χ3n) is 1.80. The van der Waals surface area contributed by atoms with Crippen LogP contribution in [-0.2, 0) is 14.8 Å². The first-order chi connectivity index (χ1) is 7.39. The minimum atomic E-state index is -4.10. The molecule has 0 fully saturated rings. The number of hydrogen-bond acceptors (Lipinski definition) is 5. The molecular weight excluding hydrogens is 270 g/mol. The molecule has 2 radical (unpaired) electrons. The molecule has 6 nitrogen and oxygen atoms in total. The average Bonchev–Trinajstić information content (AvgIpc) is 2.18. The molecule has 86 valence electrons. The number of carbonyl (C=O) groups excluding carboxylic acids is 1. The van der Waals surface area contributed by atoms with Gasteiger partial charge < -0.3 is 5.73 Å². The van der Waals surface area contributed by atoms with E-state index in [1.54, 1.807) is 0 Å². The first-order valence-electron chi connectivity index (χ1n) is 4.21. The number of anilines is 1. The molecule has 0 saturated carbocycles. The fourth-order valence-electron chi connectivity index (χ4n) is 1.04. The molecule has 0 aliphatic carbocycles. The Balaban J connectivity index is 0.00000256. The summed E-state index contributed by atoms with van der Waals surface area (Å²) in [5.74, 6) is -0.862. The second-order valence-corrected chi connectivity index (χ2v) is 4.74. The summed E-state index contributed by atoms with van der Waals surface area (Å²) in [6.45, 7) is 0.998. The van der Waals surface area contributed by atoms with Crippen LogP contribution >= 0.6 is 0 Å². The van der Waals surface area contributed by atoms with Crippen molar-refractivity contribution in [3.8, 4) is 6.19 Å². The van der Waals surface area contributed by atoms with E-state index in [1.807, 2.05) is 0 Å². The van der Waals surface area contributed by atoms with Crippen LogP contribution in [0.15, 0.2) is 29.2 Å². The van der Waals surface area contributed by atoms with Crippen LogP contribution in [0.2, 0.25) is 0 Å². The summed E-state index contributed by atoms with van der Waals surface area (Å²) < 4.78 is 23.6. The zero-order valence-corrected chi connectivity index (χ0v) is 12.1. The third kappa shape index (κ3) is 3.57. The van der Waals surface area contributed by atoms with Crippen LogP contribution in [0.25, 0.3) is 0 Å². The molecule has 1 aromatic carbocycles. The number of nitriles is 1. The van der Waals surface area contributed by atoms with Crippen LogP contribution in [0.3, 0.4) is 0 Å². The largest absolute Gasteiger partial charge is 0.399 e. The maximum Gasteiger partial charge on any atom is 0.279 e. The molecule has 0 aliphatic rings. The molecule has 0 spiro atoms. The van der Waals surface area contributed by atoms with E-state index in [9.17, 15) is 13.2 Å². The number of nitrogens with zero attached hydrogens (tertiary/aromatic N) is 2. The minimum absolute atomic E-state index is 0. The van der Waals surface area contributed by atoms with Gasteiger partial charge in [0.2, 0.25) is 12.1 Å². The van der Waals surface area contributed by atoms with E-state index in [4.69, 9.17) is 11.0 Å². The van der Waals surface area contributed by atoms with Crippen LogP contribution in [0, 0.1) is 11.5 Å². The van der Waals surface area contributed by atoms with Crippen molar-refractivity contribution < 1.29 is 13.2 Å². The summed E-state index contributed by atoms with van der Waals surface area (Å²) in [5.41, 5.74) is 5.79. The Morgan fingerprint density at radius 2 is 1.82 bits per heavy atom. The van der Waals surface area contributed by atoms with Gasteiger partial charge in [-0.05, 0) is 24.3 Å². The predicted octanol–water partition coefficient (Wildman–Crippen LogP) is -0.0937. The predicted molar refractivity (Wildman–Crippen MR) is 61.9 cm³/mol. The summed E-state index contributed by atoms with van der Waals surface area (Å²) in [7, 11) is -4.10. The van der Waals surface area contributed by atoms with Gasteiger partial charge in [0.05, 0.1) is 4.90 Å². The van der Waals surface area contributed by atoms with E-state index in [1.165, 1.54) is 30.5 Å². The molecular formula is C9H9CaN3O3S. The number of carbonyl (C=O) groups is 1. The second-order valence-electron chi connectivity index (χ2n) is 2.96. The van der Waals surface area contributed by atoms with Gasteiger partial charge in [-0.1, -0.05) is 0 Å². The van der Waals surface area contributed by atoms with E-state index in [2.05, 4.69) is 0 Å². The molecule has 0 bridgehead atoms. The van der Waals surface area contributed by atoms with Crippen LogP contribution in [0.5, 0.6) is 0 Å². The van der Waals surface area contributed by atoms with Crippen molar-refractivity contribution in [1.29, 1.82) is 5.26 Å². The Kier molecular flexibility index (Phi) is 5.92. The summed E-state index contributed by atoms with van der Waals surface area (Å²) in [5, 5.41) is 8.60. The molecule has 0 saturated heterocycles. The van der Waals surface area contributed by atoms with Crippen LogP contribution < -0.4 is 5.73 Å². The van der Waals surface area contributed by atoms with Gasteiger partial charge in [0, 0.05) is 50.3 Å². The molecule has 1 rings (SSSR count). The monoisotopic (exact) mass is 279 g/mol. The Hall–Kier alpha value is -0.810. The smallest absolute Gasteiger partial charge is 0.279 e. The quantitative estimate of drug-likeness (QED) is 0.352. The number of hydrogen-bond donors (Lipinski definition) is 1. The summed E-state index contributed by atoms with van der Waals surface area (Å²) in [6.07, 6.45) is 1.32. The molecule has 0 heterocycles. The van der Waals surface area contributed by atoms with Gasteiger partial charge in [-0.2, -0.15) is 13.7 Å². The van der Waals surface area contributed by atoms with Crippen molar-refractivity contribution in [1.82, 2.24) is 4.31 Å². The van der Waals surface area contributed by atoms with Gasteiger partial charge >= 0.3 is 0 Å². The number of sulfonamides is 1. The van der Waals surface area contributed by atoms with Crippen molar-refractivity contribution in [2.75, 3.05) is 5.73 Å². The topological polar surface area (TPSA) is 104 Å². The van der Waals surface area contributed by atoms with Gasteiger partial charge in [-0.15, -0.1) is 4.31 Å². The molecule has 17 heavy (non-hydrogen) atoms. The van der Waals surface area contributed by atoms with Crippen molar-refractivity contribution >= 4 is 59.4 Å². The fraction of sp³-hybridized carbons (Fsp3) is 0.111.